The molecule has 0 saturated carbocycles. The van der Waals surface area contributed by atoms with Crippen LogP contribution in [0.3, 0.4) is 0 Å². The van der Waals surface area contributed by atoms with Crippen LogP contribution in [0.4, 0.5) is 0 Å². The van der Waals surface area contributed by atoms with Crippen molar-refractivity contribution in [3.63, 3.8) is 0 Å². The number of likely N-dealkylation sites (tertiary alicyclic amines) is 1. The van der Waals surface area contributed by atoms with Crippen molar-refractivity contribution < 1.29 is 23.9 Å². The fourth-order valence-corrected chi connectivity index (χ4v) is 4.84. The minimum absolute atomic E-state index is 0.113. The van der Waals surface area contributed by atoms with Crippen LogP contribution >= 0.6 is 0 Å². The Hall–Kier alpha value is -2.75. The minimum Gasteiger partial charge on any atom is -0.469 e. The average molecular weight is 443 g/mol. The lowest BCUT2D eigenvalue weighted by Crippen LogP contribution is -2.57. The number of rotatable bonds is 8. The highest BCUT2D eigenvalue weighted by molar-refractivity contribution is 5.88. The van der Waals surface area contributed by atoms with E-state index in [4.69, 9.17) is 14.3 Å². The van der Waals surface area contributed by atoms with E-state index in [-0.39, 0.29) is 24.9 Å². The number of hydroxylamine groups is 2. The Morgan fingerprint density at radius 1 is 1.16 bits per heavy atom. The maximum absolute atomic E-state index is 12.7. The van der Waals surface area contributed by atoms with E-state index >= 15 is 0 Å². The zero-order chi connectivity index (χ0) is 22.6. The monoisotopic (exact) mass is 442 g/mol. The molecule has 4 heterocycles. The molecule has 0 aliphatic carbocycles. The number of esters is 1. The number of carbonyl (C=O) groups excluding carboxylic acids is 2. The third kappa shape index (κ3) is 4.28. The van der Waals surface area contributed by atoms with Crippen molar-refractivity contribution in [3.8, 4) is 5.82 Å². The van der Waals surface area contributed by atoms with Crippen molar-refractivity contribution in [2.45, 2.75) is 31.3 Å². The number of carbonyl (C=O) groups is 2. The molecule has 2 saturated heterocycles. The Morgan fingerprint density at radius 3 is 2.66 bits per heavy atom. The molecule has 1 atom stereocenters. The first-order valence-electron chi connectivity index (χ1n) is 10.9. The summed E-state index contributed by atoms with van der Waals surface area (Å²) in [6.07, 6.45) is 5.18. The van der Waals surface area contributed by atoms with E-state index in [9.17, 15) is 9.59 Å². The van der Waals surface area contributed by atoms with Gasteiger partial charge in [0.25, 0.3) is 0 Å². The van der Waals surface area contributed by atoms with Crippen LogP contribution in [0.1, 0.15) is 25.0 Å². The molecular formula is C23H30N4O5. The third-order valence-corrected chi connectivity index (χ3v) is 6.49. The first-order valence-corrected chi connectivity index (χ1v) is 10.9. The Balaban J connectivity index is 1.48. The number of ether oxygens (including phenoxy) is 2. The third-order valence-electron chi connectivity index (χ3n) is 6.49. The highest BCUT2D eigenvalue weighted by Crippen LogP contribution is 2.44. The summed E-state index contributed by atoms with van der Waals surface area (Å²) in [7, 11) is 2.96. The maximum Gasteiger partial charge on any atom is 0.311 e. The number of amides is 1. The minimum atomic E-state index is -0.683. The molecule has 9 nitrogen and oxygen atoms in total. The van der Waals surface area contributed by atoms with Crippen LogP contribution in [0.5, 0.6) is 0 Å². The highest BCUT2D eigenvalue weighted by Gasteiger charge is 2.58. The van der Waals surface area contributed by atoms with Crippen molar-refractivity contribution in [2.75, 3.05) is 40.5 Å². The predicted molar refractivity (Wildman–Crippen MR) is 116 cm³/mol. The number of piperidine rings is 1. The Kier molecular flexibility index (Phi) is 6.88. The van der Waals surface area contributed by atoms with Gasteiger partial charge in [-0.1, -0.05) is 6.07 Å². The standard InChI is InChI=1S/C23H30N4O5/c1-30-14-15-32-27-21(28)16-19(22(29)31-2)23(27)8-12-25(13-9-23)17-18-6-5-11-26(18)20-7-3-4-10-24-20/h3-7,10-11,19H,8-9,12-17H2,1-2H3. The molecule has 9 heteroatoms. The molecule has 32 heavy (non-hydrogen) atoms. The van der Waals surface area contributed by atoms with Gasteiger partial charge in [0, 0.05) is 51.3 Å². The molecule has 1 spiro atoms. The summed E-state index contributed by atoms with van der Waals surface area (Å²) >= 11 is 0. The van der Waals surface area contributed by atoms with Gasteiger partial charge in [0.05, 0.1) is 31.8 Å². The van der Waals surface area contributed by atoms with E-state index < -0.39 is 11.5 Å². The van der Waals surface area contributed by atoms with E-state index in [1.54, 1.807) is 13.3 Å². The topological polar surface area (TPSA) is 86.1 Å². The molecule has 2 aliphatic rings. The van der Waals surface area contributed by atoms with Gasteiger partial charge in [0.2, 0.25) is 5.91 Å². The van der Waals surface area contributed by atoms with E-state index in [1.807, 2.05) is 30.5 Å². The van der Waals surface area contributed by atoms with Gasteiger partial charge >= 0.3 is 5.97 Å². The quantitative estimate of drug-likeness (QED) is 0.455. The van der Waals surface area contributed by atoms with Gasteiger partial charge in [0.15, 0.2) is 0 Å². The zero-order valence-electron chi connectivity index (χ0n) is 18.6. The van der Waals surface area contributed by atoms with Crippen LogP contribution in [0, 0.1) is 5.92 Å². The Labute approximate surface area is 187 Å². The SMILES string of the molecule is COCCON1C(=O)CC(C(=O)OC)C12CCN(Cc1cccn1-c1ccccn1)CC2. The average Bonchev–Trinajstić information content (AvgIpc) is 3.39. The lowest BCUT2D eigenvalue weighted by Gasteiger charge is -2.45. The highest BCUT2D eigenvalue weighted by atomic mass is 16.7. The second kappa shape index (κ2) is 9.81. The lowest BCUT2D eigenvalue weighted by molar-refractivity contribution is -0.227. The summed E-state index contributed by atoms with van der Waals surface area (Å²) in [5.74, 6) is -0.171. The molecular weight excluding hydrogens is 412 g/mol. The Bertz CT molecular complexity index is 923. The molecule has 2 fully saturated rings. The second-order valence-corrected chi connectivity index (χ2v) is 8.23. The molecule has 2 aromatic heterocycles. The molecule has 1 unspecified atom stereocenters. The van der Waals surface area contributed by atoms with Crippen molar-refractivity contribution in [3.05, 3.63) is 48.4 Å². The van der Waals surface area contributed by atoms with Gasteiger partial charge in [-0.05, 0) is 37.1 Å². The first kappa shape index (κ1) is 22.4. The number of hydrogen-bond donors (Lipinski definition) is 0. The molecule has 0 bridgehead atoms. The van der Waals surface area contributed by atoms with Gasteiger partial charge in [0.1, 0.15) is 5.82 Å². The zero-order valence-corrected chi connectivity index (χ0v) is 18.6. The van der Waals surface area contributed by atoms with Gasteiger partial charge in [-0.15, -0.1) is 0 Å². The number of aromatic nitrogens is 2. The van der Waals surface area contributed by atoms with Gasteiger partial charge in [-0.25, -0.2) is 10.0 Å². The number of methoxy groups -OCH3 is 2. The van der Waals surface area contributed by atoms with Crippen molar-refractivity contribution in [1.82, 2.24) is 19.5 Å². The van der Waals surface area contributed by atoms with Crippen LogP contribution < -0.4 is 0 Å². The molecule has 2 aromatic rings. The number of nitrogens with zero attached hydrogens (tertiary/aromatic N) is 4. The molecule has 2 aliphatic heterocycles. The van der Waals surface area contributed by atoms with Crippen molar-refractivity contribution in [1.29, 1.82) is 0 Å². The van der Waals surface area contributed by atoms with E-state index in [2.05, 4.69) is 20.5 Å². The summed E-state index contributed by atoms with van der Waals surface area (Å²) in [4.78, 5) is 37.9. The lowest BCUT2D eigenvalue weighted by atomic mass is 9.77. The molecule has 0 N–H and O–H groups in total. The molecule has 172 valence electrons. The summed E-state index contributed by atoms with van der Waals surface area (Å²) in [6.45, 7) is 2.86. The number of pyridine rings is 1. The van der Waals surface area contributed by atoms with Crippen LogP contribution in [0.2, 0.25) is 0 Å². The molecule has 4 rings (SSSR count). The fourth-order valence-electron chi connectivity index (χ4n) is 4.84. The Morgan fingerprint density at radius 2 is 1.97 bits per heavy atom. The fraction of sp³-hybridized carbons (Fsp3) is 0.522. The van der Waals surface area contributed by atoms with E-state index in [0.29, 0.717) is 19.4 Å². The molecule has 0 aromatic carbocycles. The second-order valence-electron chi connectivity index (χ2n) is 8.23. The summed E-state index contributed by atoms with van der Waals surface area (Å²) in [5, 5.41) is 1.45. The summed E-state index contributed by atoms with van der Waals surface area (Å²) in [6, 6.07) is 9.96. The first-order chi connectivity index (χ1) is 15.6. The largest absolute Gasteiger partial charge is 0.469 e. The van der Waals surface area contributed by atoms with Crippen molar-refractivity contribution >= 4 is 11.9 Å². The molecule has 0 radical (unpaired) electrons. The maximum atomic E-state index is 12.7. The van der Waals surface area contributed by atoms with Crippen LogP contribution in [0.15, 0.2) is 42.7 Å². The van der Waals surface area contributed by atoms with Gasteiger partial charge in [-0.3, -0.25) is 19.3 Å². The van der Waals surface area contributed by atoms with Gasteiger partial charge < -0.3 is 14.0 Å². The van der Waals surface area contributed by atoms with Gasteiger partial charge in [-0.2, -0.15) is 0 Å². The van der Waals surface area contributed by atoms with Crippen LogP contribution in [-0.2, 0) is 30.4 Å². The van der Waals surface area contributed by atoms with E-state index in [0.717, 1.165) is 31.1 Å². The van der Waals surface area contributed by atoms with E-state index in [1.165, 1.54) is 12.2 Å². The van der Waals surface area contributed by atoms with Crippen molar-refractivity contribution in [2.24, 2.45) is 5.92 Å². The number of hydrogen-bond acceptors (Lipinski definition) is 7. The summed E-state index contributed by atoms with van der Waals surface area (Å²) in [5.41, 5.74) is 0.456. The predicted octanol–water partition coefficient (Wildman–Crippen LogP) is 1.81. The smallest absolute Gasteiger partial charge is 0.311 e. The summed E-state index contributed by atoms with van der Waals surface area (Å²) < 4.78 is 12.2. The normalized spacial score (nSPS) is 20.8. The van der Waals surface area contributed by atoms with Crippen LogP contribution in [0.25, 0.3) is 5.82 Å². The van der Waals surface area contributed by atoms with Crippen LogP contribution in [-0.4, -0.2) is 77.5 Å². The molecule has 1 amide bonds.